The van der Waals surface area contributed by atoms with Crippen LogP contribution in [0.15, 0.2) is 20.1 Å². The van der Waals surface area contributed by atoms with Gasteiger partial charge in [-0.15, -0.1) is 11.3 Å². The zero-order valence-electron chi connectivity index (χ0n) is 7.81. The third kappa shape index (κ3) is 2.59. The van der Waals surface area contributed by atoms with E-state index in [0.717, 1.165) is 11.3 Å². The van der Waals surface area contributed by atoms with Gasteiger partial charge in [0.1, 0.15) is 4.21 Å². The molecule has 0 aliphatic rings. The molecule has 4 nitrogen and oxygen atoms in total. The molecule has 15 heavy (non-hydrogen) atoms. The van der Waals surface area contributed by atoms with Crippen molar-refractivity contribution < 1.29 is 18.3 Å². The van der Waals surface area contributed by atoms with E-state index < -0.39 is 21.1 Å². The van der Waals surface area contributed by atoms with Crippen LogP contribution in [0.3, 0.4) is 0 Å². The van der Waals surface area contributed by atoms with E-state index in [1.54, 1.807) is 13.0 Å². The molecule has 0 radical (unpaired) electrons. The minimum absolute atomic E-state index is 0.0627. The molecule has 7 heteroatoms. The van der Waals surface area contributed by atoms with Crippen LogP contribution in [0.2, 0.25) is 0 Å². The van der Waals surface area contributed by atoms with Gasteiger partial charge in [0.05, 0.1) is 3.79 Å². The fraction of sp³-hybridized carbons (Fsp3) is 0.375. The van der Waals surface area contributed by atoms with Crippen LogP contribution < -0.4 is 0 Å². The van der Waals surface area contributed by atoms with E-state index in [-0.39, 0.29) is 10.6 Å². The van der Waals surface area contributed by atoms with Crippen molar-refractivity contribution in [3.05, 3.63) is 15.9 Å². The molecule has 1 rings (SSSR count). The molecule has 0 aliphatic heterocycles. The van der Waals surface area contributed by atoms with Crippen molar-refractivity contribution in [2.45, 2.75) is 22.8 Å². The molecule has 0 saturated heterocycles. The SMILES string of the molecule is CCC(C(=O)O)S(=O)(=O)c1ccc(Br)s1. The van der Waals surface area contributed by atoms with E-state index in [0.29, 0.717) is 3.79 Å². The summed E-state index contributed by atoms with van der Waals surface area (Å²) >= 11 is 4.16. The van der Waals surface area contributed by atoms with Crippen molar-refractivity contribution in [3.63, 3.8) is 0 Å². The minimum atomic E-state index is -3.74. The number of rotatable bonds is 4. The van der Waals surface area contributed by atoms with Gasteiger partial charge < -0.3 is 5.11 Å². The second kappa shape index (κ2) is 4.63. The van der Waals surface area contributed by atoms with Crippen molar-refractivity contribution in [1.82, 2.24) is 0 Å². The number of sulfone groups is 1. The zero-order chi connectivity index (χ0) is 11.6. The summed E-state index contributed by atoms with van der Waals surface area (Å²) in [7, 11) is -3.74. The van der Waals surface area contributed by atoms with Crippen LogP contribution >= 0.6 is 27.3 Å². The predicted molar refractivity (Wildman–Crippen MR) is 60.9 cm³/mol. The van der Waals surface area contributed by atoms with E-state index in [2.05, 4.69) is 15.9 Å². The maximum absolute atomic E-state index is 11.8. The Labute approximate surface area is 100.0 Å². The Bertz CT molecular complexity index is 463. The molecule has 0 bridgehead atoms. The van der Waals surface area contributed by atoms with Gasteiger partial charge in [0.2, 0.25) is 9.84 Å². The Hall–Kier alpha value is -0.400. The lowest BCUT2D eigenvalue weighted by Gasteiger charge is -2.08. The standard InChI is InChI=1S/C8H9BrO4S2/c1-2-5(8(10)11)15(12,13)7-4-3-6(9)14-7/h3-5H,2H2,1H3,(H,10,11). The van der Waals surface area contributed by atoms with E-state index in [4.69, 9.17) is 5.11 Å². The largest absolute Gasteiger partial charge is 0.480 e. The highest BCUT2D eigenvalue weighted by Gasteiger charge is 2.33. The van der Waals surface area contributed by atoms with Crippen LogP contribution in [0.4, 0.5) is 0 Å². The van der Waals surface area contributed by atoms with Crippen LogP contribution in [0.1, 0.15) is 13.3 Å². The summed E-state index contributed by atoms with van der Waals surface area (Å²) in [5, 5.41) is 7.43. The molecule has 1 aromatic rings. The van der Waals surface area contributed by atoms with Gasteiger partial charge in [0.15, 0.2) is 5.25 Å². The Balaban J connectivity index is 3.17. The molecule has 0 saturated carbocycles. The van der Waals surface area contributed by atoms with Gasteiger partial charge in [-0.05, 0) is 34.5 Å². The first-order valence-electron chi connectivity index (χ1n) is 4.11. The van der Waals surface area contributed by atoms with Crippen molar-refractivity contribution in [1.29, 1.82) is 0 Å². The molecule has 1 atom stereocenters. The molecule has 0 fully saturated rings. The van der Waals surface area contributed by atoms with Crippen LogP contribution in [0.5, 0.6) is 0 Å². The summed E-state index contributed by atoms with van der Waals surface area (Å²) in [4.78, 5) is 10.8. The second-order valence-electron chi connectivity index (χ2n) is 2.84. The predicted octanol–water partition coefficient (Wildman–Crippen LogP) is 2.15. The van der Waals surface area contributed by atoms with E-state index in [9.17, 15) is 13.2 Å². The number of hydrogen-bond donors (Lipinski definition) is 1. The maximum atomic E-state index is 11.8. The molecule has 1 aromatic heterocycles. The quantitative estimate of drug-likeness (QED) is 0.924. The number of hydrogen-bond acceptors (Lipinski definition) is 4. The molecule has 0 aromatic carbocycles. The molecule has 84 valence electrons. The maximum Gasteiger partial charge on any atom is 0.322 e. The first-order valence-corrected chi connectivity index (χ1v) is 7.27. The van der Waals surface area contributed by atoms with Gasteiger partial charge in [-0.2, -0.15) is 0 Å². The lowest BCUT2D eigenvalue weighted by atomic mass is 10.3. The molecular formula is C8H9BrO4S2. The van der Waals surface area contributed by atoms with Crippen LogP contribution in [0.25, 0.3) is 0 Å². The average molecular weight is 313 g/mol. The highest BCUT2D eigenvalue weighted by atomic mass is 79.9. The van der Waals surface area contributed by atoms with Crippen LogP contribution in [-0.2, 0) is 14.6 Å². The first kappa shape index (κ1) is 12.7. The van der Waals surface area contributed by atoms with Crippen molar-refractivity contribution in [3.8, 4) is 0 Å². The highest BCUT2D eigenvalue weighted by Crippen LogP contribution is 2.29. The van der Waals surface area contributed by atoms with Gasteiger partial charge in [-0.1, -0.05) is 6.92 Å². The number of carboxylic acids is 1. The molecule has 0 aliphatic carbocycles. The average Bonchev–Trinajstić information content (AvgIpc) is 2.52. The van der Waals surface area contributed by atoms with Crippen LogP contribution in [0, 0.1) is 0 Å². The number of thiophene rings is 1. The second-order valence-corrected chi connectivity index (χ2v) is 7.66. The lowest BCUT2D eigenvalue weighted by molar-refractivity contribution is -0.136. The van der Waals surface area contributed by atoms with E-state index in [1.165, 1.54) is 6.07 Å². The van der Waals surface area contributed by atoms with Gasteiger partial charge in [0, 0.05) is 0 Å². The number of carboxylic acid groups (broad SMARTS) is 1. The lowest BCUT2D eigenvalue weighted by Crippen LogP contribution is -2.28. The summed E-state index contributed by atoms with van der Waals surface area (Å²) in [6.45, 7) is 1.54. The molecule has 1 unspecified atom stereocenters. The molecule has 0 spiro atoms. The summed E-state index contributed by atoms with van der Waals surface area (Å²) in [6, 6.07) is 3.00. The third-order valence-electron chi connectivity index (χ3n) is 1.85. The van der Waals surface area contributed by atoms with Gasteiger partial charge in [0.25, 0.3) is 0 Å². The summed E-state index contributed by atoms with van der Waals surface area (Å²) in [5.74, 6) is -1.30. The summed E-state index contributed by atoms with van der Waals surface area (Å²) in [6.07, 6.45) is 0.0627. The smallest absolute Gasteiger partial charge is 0.322 e. The van der Waals surface area contributed by atoms with Crippen molar-refractivity contribution in [2.24, 2.45) is 0 Å². The first-order chi connectivity index (χ1) is 6.89. The van der Waals surface area contributed by atoms with Crippen molar-refractivity contribution >= 4 is 43.1 Å². The molecular weight excluding hydrogens is 304 g/mol. The van der Waals surface area contributed by atoms with Gasteiger partial charge in [-0.25, -0.2) is 8.42 Å². The van der Waals surface area contributed by atoms with E-state index in [1.807, 2.05) is 0 Å². The Kier molecular flexibility index (Phi) is 3.91. The topological polar surface area (TPSA) is 71.4 Å². The number of carbonyl (C=O) groups is 1. The molecule has 0 amide bonds. The third-order valence-corrected chi connectivity index (χ3v) is 6.20. The summed E-state index contributed by atoms with van der Waals surface area (Å²) < 4.78 is 24.4. The van der Waals surface area contributed by atoms with Crippen LogP contribution in [-0.4, -0.2) is 24.7 Å². The minimum Gasteiger partial charge on any atom is -0.480 e. The highest BCUT2D eigenvalue weighted by molar-refractivity contribution is 9.11. The fourth-order valence-corrected chi connectivity index (χ4v) is 4.88. The molecule has 1 heterocycles. The summed E-state index contributed by atoms with van der Waals surface area (Å²) in [5.41, 5.74) is 0. The fourth-order valence-electron chi connectivity index (χ4n) is 1.12. The zero-order valence-corrected chi connectivity index (χ0v) is 11.0. The number of aliphatic carboxylic acids is 1. The molecule has 1 N–H and O–H groups in total. The monoisotopic (exact) mass is 312 g/mol. The Morgan fingerprint density at radius 3 is 2.53 bits per heavy atom. The number of halogens is 1. The Morgan fingerprint density at radius 2 is 2.20 bits per heavy atom. The van der Waals surface area contributed by atoms with Gasteiger partial charge in [-0.3, -0.25) is 4.79 Å². The van der Waals surface area contributed by atoms with E-state index >= 15 is 0 Å². The Morgan fingerprint density at radius 1 is 1.60 bits per heavy atom. The van der Waals surface area contributed by atoms with Crippen molar-refractivity contribution in [2.75, 3.05) is 0 Å². The van der Waals surface area contributed by atoms with Gasteiger partial charge >= 0.3 is 5.97 Å². The normalized spacial score (nSPS) is 13.7.